The summed E-state index contributed by atoms with van der Waals surface area (Å²) in [6, 6.07) is 4.39. The maximum atomic E-state index is 13.0. The van der Waals surface area contributed by atoms with Gasteiger partial charge in [-0.2, -0.15) is 0 Å². The third-order valence-corrected chi connectivity index (χ3v) is 6.83. The average molecular weight is 476 g/mol. The van der Waals surface area contributed by atoms with Crippen molar-refractivity contribution < 1.29 is 22.7 Å². The number of piperidine rings is 1. The van der Waals surface area contributed by atoms with E-state index in [2.05, 4.69) is 20.7 Å². The molecule has 1 atom stereocenters. The molecule has 2 rings (SSSR count). The van der Waals surface area contributed by atoms with Crippen molar-refractivity contribution in [2.75, 3.05) is 33.4 Å². The quantitative estimate of drug-likeness (QED) is 0.524. The van der Waals surface area contributed by atoms with Crippen LogP contribution in [0.15, 0.2) is 27.6 Å². The molecule has 8 nitrogen and oxygen atoms in total. The van der Waals surface area contributed by atoms with Crippen molar-refractivity contribution in [2.24, 2.45) is 11.7 Å². The van der Waals surface area contributed by atoms with Gasteiger partial charge in [-0.3, -0.25) is 9.59 Å². The van der Waals surface area contributed by atoms with Gasteiger partial charge in [-0.1, -0.05) is 0 Å². The van der Waals surface area contributed by atoms with Crippen LogP contribution >= 0.6 is 15.9 Å². The molecule has 0 aromatic heterocycles. The zero-order valence-corrected chi connectivity index (χ0v) is 18.2. The second-order valence-electron chi connectivity index (χ2n) is 6.80. The van der Waals surface area contributed by atoms with Crippen molar-refractivity contribution in [3.63, 3.8) is 0 Å². The highest BCUT2D eigenvalue weighted by Gasteiger charge is 2.27. The summed E-state index contributed by atoms with van der Waals surface area (Å²) in [7, 11) is -2.25. The molecule has 1 fully saturated rings. The van der Waals surface area contributed by atoms with Crippen molar-refractivity contribution in [1.82, 2.24) is 9.62 Å². The molecule has 1 saturated heterocycles. The smallest absolute Gasteiger partial charge is 0.255 e. The van der Waals surface area contributed by atoms with E-state index >= 15 is 0 Å². The molecule has 1 aromatic carbocycles. The molecule has 1 heterocycles. The normalized spacial score (nSPS) is 17.5. The minimum absolute atomic E-state index is 0.0254. The van der Waals surface area contributed by atoms with Gasteiger partial charge in [0.2, 0.25) is 15.9 Å². The Morgan fingerprint density at radius 1 is 1.39 bits per heavy atom. The molecule has 1 aliphatic heterocycles. The largest absolute Gasteiger partial charge is 0.383 e. The number of likely N-dealkylation sites (tertiary alicyclic amines) is 1. The van der Waals surface area contributed by atoms with Crippen molar-refractivity contribution in [2.45, 2.75) is 30.6 Å². The van der Waals surface area contributed by atoms with E-state index in [-0.39, 0.29) is 35.8 Å². The molecular formula is C18H26BrN3O5S. The molecule has 0 saturated carbocycles. The van der Waals surface area contributed by atoms with E-state index in [1.165, 1.54) is 19.2 Å². The van der Waals surface area contributed by atoms with Crippen molar-refractivity contribution in [1.29, 1.82) is 0 Å². The van der Waals surface area contributed by atoms with Crippen LogP contribution in [0, 0.1) is 5.92 Å². The van der Waals surface area contributed by atoms with E-state index in [9.17, 15) is 18.0 Å². The molecule has 28 heavy (non-hydrogen) atoms. The highest BCUT2D eigenvalue weighted by Crippen LogP contribution is 2.26. The monoisotopic (exact) mass is 475 g/mol. The Labute approximate surface area is 174 Å². The number of hydrogen-bond donors (Lipinski definition) is 2. The van der Waals surface area contributed by atoms with Crippen LogP contribution < -0.4 is 10.5 Å². The van der Waals surface area contributed by atoms with Crippen LogP contribution in [0.1, 0.15) is 36.0 Å². The number of carbonyl (C=O) groups is 2. The SMILES string of the molecule is COCCNS(=O)(=O)c1ccc(Br)c(C(=O)N2CCCC(CCC(N)=O)C2)c1. The number of sulfonamides is 1. The number of hydrogen-bond acceptors (Lipinski definition) is 5. The number of carbonyl (C=O) groups excluding carboxylic acids is 2. The molecule has 0 aliphatic carbocycles. The van der Waals surface area contributed by atoms with E-state index in [0.29, 0.717) is 36.0 Å². The second-order valence-corrected chi connectivity index (χ2v) is 9.42. The summed E-state index contributed by atoms with van der Waals surface area (Å²) in [5.41, 5.74) is 5.52. The summed E-state index contributed by atoms with van der Waals surface area (Å²) in [6.07, 6.45) is 2.73. The maximum absolute atomic E-state index is 13.0. The number of halogens is 1. The number of nitrogens with one attached hydrogen (secondary N) is 1. The Morgan fingerprint density at radius 3 is 2.82 bits per heavy atom. The van der Waals surface area contributed by atoms with Gasteiger partial charge in [0.05, 0.1) is 17.1 Å². The molecule has 156 valence electrons. The lowest BCUT2D eigenvalue weighted by Gasteiger charge is -2.33. The number of benzene rings is 1. The topological polar surface area (TPSA) is 119 Å². The van der Waals surface area contributed by atoms with Crippen LogP contribution in [0.25, 0.3) is 0 Å². The van der Waals surface area contributed by atoms with E-state index in [1.54, 1.807) is 11.0 Å². The summed E-state index contributed by atoms with van der Waals surface area (Å²) in [4.78, 5) is 25.8. The minimum atomic E-state index is -3.74. The first kappa shape index (κ1) is 22.8. The highest BCUT2D eigenvalue weighted by atomic mass is 79.9. The molecule has 1 aromatic rings. The molecule has 10 heteroatoms. The van der Waals surface area contributed by atoms with Gasteiger partial charge < -0.3 is 15.4 Å². The maximum Gasteiger partial charge on any atom is 0.255 e. The molecule has 3 N–H and O–H groups in total. The summed E-state index contributed by atoms with van der Waals surface area (Å²) < 4.78 is 32.7. The van der Waals surface area contributed by atoms with Crippen LogP contribution in [0.4, 0.5) is 0 Å². The van der Waals surface area contributed by atoms with Crippen molar-refractivity contribution >= 4 is 37.8 Å². The van der Waals surface area contributed by atoms with Gasteiger partial charge in [-0.15, -0.1) is 0 Å². The van der Waals surface area contributed by atoms with Gasteiger partial charge in [-0.25, -0.2) is 13.1 Å². The van der Waals surface area contributed by atoms with E-state index < -0.39 is 10.0 Å². The van der Waals surface area contributed by atoms with E-state index in [4.69, 9.17) is 10.5 Å². The van der Waals surface area contributed by atoms with Crippen molar-refractivity contribution in [3.8, 4) is 0 Å². The number of primary amides is 1. The summed E-state index contributed by atoms with van der Waals surface area (Å²) >= 11 is 3.35. The lowest BCUT2D eigenvalue weighted by Crippen LogP contribution is -2.40. The molecule has 2 amide bonds. The van der Waals surface area contributed by atoms with Crippen LogP contribution in [0.3, 0.4) is 0 Å². The predicted molar refractivity (Wildman–Crippen MR) is 108 cm³/mol. The van der Waals surface area contributed by atoms with Gasteiger partial charge in [0.15, 0.2) is 0 Å². The fourth-order valence-electron chi connectivity index (χ4n) is 3.20. The molecular weight excluding hydrogens is 450 g/mol. The minimum Gasteiger partial charge on any atom is -0.383 e. The fourth-order valence-corrected chi connectivity index (χ4v) is 4.65. The number of ether oxygens (including phenoxy) is 1. The third kappa shape index (κ3) is 6.26. The Morgan fingerprint density at radius 2 is 2.14 bits per heavy atom. The lowest BCUT2D eigenvalue weighted by molar-refractivity contribution is -0.118. The Hall–Kier alpha value is -1.49. The Balaban J connectivity index is 2.15. The van der Waals surface area contributed by atoms with Gasteiger partial charge in [0, 0.05) is 37.6 Å². The first-order chi connectivity index (χ1) is 13.2. The number of nitrogens with zero attached hydrogens (tertiary/aromatic N) is 1. The van der Waals surface area contributed by atoms with Crippen molar-refractivity contribution in [3.05, 3.63) is 28.2 Å². The zero-order chi connectivity index (χ0) is 20.7. The highest BCUT2D eigenvalue weighted by molar-refractivity contribution is 9.10. The zero-order valence-electron chi connectivity index (χ0n) is 15.8. The first-order valence-electron chi connectivity index (χ1n) is 9.10. The van der Waals surface area contributed by atoms with Crippen LogP contribution in [0.5, 0.6) is 0 Å². The summed E-state index contributed by atoms with van der Waals surface area (Å²) in [5, 5.41) is 0. The Bertz CT molecular complexity index is 815. The molecule has 1 unspecified atom stereocenters. The summed E-state index contributed by atoms with van der Waals surface area (Å²) in [6.45, 7) is 1.52. The average Bonchev–Trinajstić information content (AvgIpc) is 2.66. The first-order valence-corrected chi connectivity index (χ1v) is 11.4. The van der Waals surface area contributed by atoms with E-state index in [1.807, 2.05) is 0 Å². The van der Waals surface area contributed by atoms with Gasteiger partial charge in [0.1, 0.15) is 0 Å². The van der Waals surface area contributed by atoms with Gasteiger partial charge in [0.25, 0.3) is 5.91 Å². The number of methoxy groups -OCH3 is 1. The van der Waals surface area contributed by atoms with E-state index in [0.717, 1.165) is 12.8 Å². The molecule has 0 spiro atoms. The van der Waals surface area contributed by atoms with Gasteiger partial charge >= 0.3 is 0 Å². The van der Waals surface area contributed by atoms with Crippen LogP contribution in [-0.2, 0) is 19.6 Å². The molecule has 1 aliphatic rings. The molecule has 0 radical (unpaired) electrons. The van der Waals surface area contributed by atoms with Crippen LogP contribution in [-0.4, -0.2) is 58.5 Å². The Kier molecular flexibility index (Phi) is 8.41. The second kappa shape index (κ2) is 10.3. The number of amides is 2. The third-order valence-electron chi connectivity index (χ3n) is 4.68. The van der Waals surface area contributed by atoms with Gasteiger partial charge in [-0.05, 0) is 59.3 Å². The predicted octanol–water partition coefficient (Wildman–Crippen LogP) is 1.49. The number of rotatable bonds is 9. The summed E-state index contributed by atoms with van der Waals surface area (Å²) in [5.74, 6) is -0.360. The number of nitrogens with two attached hydrogens (primary N) is 1. The standard InChI is InChI=1S/C18H26BrN3O5S/c1-27-10-8-21-28(25,26)14-5-6-16(19)15(11-14)18(24)22-9-2-3-13(12-22)4-7-17(20)23/h5-6,11,13,21H,2-4,7-10,12H2,1H3,(H2,20,23). The molecule has 0 bridgehead atoms. The van der Waals surface area contributed by atoms with Crippen LogP contribution in [0.2, 0.25) is 0 Å². The fraction of sp³-hybridized carbons (Fsp3) is 0.556. The lowest BCUT2D eigenvalue weighted by atomic mass is 9.93.